The lowest BCUT2D eigenvalue weighted by atomic mass is 10.0. The fourth-order valence-corrected chi connectivity index (χ4v) is 3.85. The van der Waals surface area contributed by atoms with Crippen LogP contribution in [0.4, 0.5) is 0 Å². The lowest BCUT2D eigenvalue weighted by Crippen LogP contribution is -2.37. The number of aromatic hydroxyl groups is 2. The maximum Gasteiger partial charge on any atom is 0.326 e. The van der Waals surface area contributed by atoms with Crippen LogP contribution in [0.1, 0.15) is 24.4 Å². The van der Waals surface area contributed by atoms with Crippen LogP contribution in [0.15, 0.2) is 47.3 Å². The molecule has 0 atom stereocenters. The highest BCUT2D eigenvalue weighted by molar-refractivity contribution is 5.75. The Morgan fingerprint density at radius 1 is 1.04 bits per heavy atom. The number of hydrogen-bond donors (Lipinski definition) is 3. The first-order valence-electron chi connectivity index (χ1n) is 9.04. The molecule has 0 radical (unpaired) electrons. The predicted molar refractivity (Wildman–Crippen MR) is 101 cm³/mol. The second kappa shape index (κ2) is 6.88. The molecule has 0 amide bonds. The van der Waals surface area contributed by atoms with Crippen molar-refractivity contribution in [2.45, 2.75) is 25.3 Å². The first kappa shape index (κ1) is 16.7. The first-order valence-corrected chi connectivity index (χ1v) is 9.04. The standard InChI is InChI=1S/C20H23N3O3/c24-18-6-5-14(13-19(18)25)7-10-22-11-8-15(9-12-22)23-17-4-2-1-3-16(17)21-20(23)26/h1-6,13,15,24-25H,7-12H2,(H,21,26). The van der Waals surface area contributed by atoms with Gasteiger partial charge < -0.3 is 20.1 Å². The van der Waals surface area contributed by atoms with Crippen LogP contribution in [-0.4, -0.2) is 44.3 Å². The van der Waals surface area contributed by atoms with Crippen molar-refractivity contribution in [1.29, 1.82) is 0 Å². The summed E-state index contributed by atoms with van der Waals surface area (Å²) in [6.07, 6.45) is 2.72. The molecule has 3 aromatic rings. The van der Waals surface area contributed by atoms with E-state index in [1.807, 2.05) is 34.9 Å². The van der Waals surface area contributed by atoms with Gasteiger partial charge in [0.1, 0.15) is 0 Å². The molecular weight excluding hydrogens is 330 g/mol. The summed E-state index contributed by atoms with van der Waals surface area (Å²) in [6.45, 7) is 2.79. The van der Waals surface area contributed by atoms with Crippen LogP contribution >= 0.6 is 0 Å². The molecule has 1 aliphatic heterocycles. The molecule has 1 saturated heterocycles. The van der Waals surface area contributed by atoms with Crippen LogP contribution in [0.2, 0.25) is 0 Å². The van der Waals surface area contributed by atoms with E-state index in [2.05, 4.69) is 9.88 Å². The second-order valence-corrected chi connectivity index (χ2v) is 6.96. The Bertz CT molecular complexity index is 968. The number of aromatic amines is 1. The monoisotopic (exact) mass is 353 g/mol. The normalized spacial score (nSPS) is 16.3. The van der Waals surface area contributed by atoms with Gasteiger partial charge in [-0.25, -0.2) is 4.79 Å². The highest BCUT2D eigenvalue weighted by Crippen LogP contribution is 2.27. The molecule has 6 heteroatoms. The van der Waals surface area contributed by atoms with Crippen LogP contribution in [0.5, 0.6) is 11.5 Å². The van der Waals surface area contributed by atoms with Gasteiger partial charge in [0.15, 0.2) is 11.5 Å². The molecule has 4 rings (SSSR count). The van der Waals surface area contributed by atoms with Crippen molar-refractivity contribution in [3.05, 3.63) is 58.5 Å². The predicted octanol–water partition coefficient (Wildman–Crippen LogP) is 2.62. The summed E-state index contributed by atoms with van der Waals surface area (Å²) in [5.74, 6) is -0.154. The largest absolute Gasteiger partial charge is 0.504 e. The fraction of sp³-hybridized carbons (Fsp3) is 0.350. The summed E-state index contributed by atoms with van der Waals surface area (Å²) in [6, 6.07) is 13.1. The number of phenols is 2. The highest BCUT2D eigenvalue weighted by Gasteiger charge is 2.23. The Hall–Kier alpha value is -2.73. The maximum atomic E-state index is 12.3. The number of rotatable bonds is 4. The molecule has 0 spiro atoms. The van der Waals surface area contributed by atoms with E-state index in [9.17, 15) is 15.0 Å². The molecule has 0 unspecified atom stereocenters. The summed E-state index contributed by atoms with van der Waals surface area (Å²) < 4.78 is 1.91. The van der Waals surface area contributed by atoms with E-state index in [1.165, 1.54) is 6.07 Å². The molecule has 2 aromatic carbocycles. The average molecular weight is 353 g/mol. The molecule has 6 nitrogen and oxygen atoms in total. The third-order valence-corrected chi connectivity index (χ3v) is 5.30. The minimum Gasteiger partial charge on any atom is -0.504 e. The molecule has 1 fully saturated rings. The average Bonchev–Trinajstić information content (AvgIpc) is 2.99. The molecule has 26 heavy (non-hydrogen) atoms. The fourth-order valence-electron chi connectivity index (χ4n) is 3.85. The molecule has 0 saturated carbocycles. The summed E-state index contributed by atoms with van der Waals surface area (Å²) >= 11 is 0. The molecule has 136 valence electrons. The van der Waals surface area contributed by atoms with Crippen LogP contribution in [-0.2, 0) is 6.42 Å². The van der Waals surface area contributed by atoms with Crippen LogP contribution in [0, 0.1) is 0 Å². The van der Waals surface area contributed by atoms with Gasteiger partial charge in [-0.15, -0.1) is 0 Å². The third kappa shape index (κ3) is 3.20. The molecule has 2 heterocycles. The van der Waals surface area contributed by atoms with Gasteiger partial charge in [0.05, 0.1) is 11.0 Å². The van der Waals surface area contributed by atoms with E-state index in [0.29, 0.717) is 0 Å². The number of nitrogens with zero attached hydrogens (tertiary/aromatic N) is 2. The van der Waals surface area contributed by atoms with Gasteiger partial charge in [0.2, 0.25) is 0 Å². The van der Waals surface area contributed by atoms with E-state index >= 15 is 0 Å². The SMILES string of the molecule is O=c1[nH]c2ccccc2n1C1CCN(CCc2ccc(O)c(O)c2)CC1. The van der Waals surface area contributed by atoms with Crippen molar-refractivity contribution < 1.29 is 10.2 Å². The van der Waals surface area contributed by atoms with E-state index in [4.69, 9.17) is 0 Å². The number of phenolic OH excluding ortho intramolecular Hbond substituents is 2. The summed E-state index contributed by atoms with van der Waals surface area (Å²) in [7, 11) is 0. The molecule has 1 aromatic heterocycles. The van der Waals surface area contributed by atoms with Crippen LogP contribution < -0.4 is 5.69 Å². The maximum absolute atomic E-state index is 12.3. The number of aromatic nitrogens is 2. The zero-order valence-corrected chi connectivity index (χ0v) is 14.6. The Kier molecular flexibility index (Phi) is 4.42. The number of piperidine rings is 1. The zero-order chi connectivity index (χ0) is 18.1. The minimum atomic E-state index is -0.0845. The lowest BCUT2D eigenvalue weighted by Gasteiger charge is -2.32. The number of fused-ring (bicyclic) bond motifs is 1. The molecule has 0 aliphatic carbocycles. The zero-order valence-electron chi connectivity index (χ0n) is 14.6. The third-order valence-electron chi connectivity index (χ3n) is 5.30. The molecule has 1 aliphatic rings. The van der Waals surface area contributed by atoms with Gasteiger partial charge in [-0.2, -0.15) is 0 Å². The van der Waals surface area contributed by atoms with Crippen molar-refractivity contribution in [2.75, 3.05) is 19.6 Å². The van der Waals surface area contributed by atoms with E-state index in [-0.39, 0.29) is 23.2 Å². The van der Waals surface area contributed by atoms with Crippen LogP contribution in [0.3, 0.4) is 0 Å². The van der Waals surface area contributed by atoms with E-state index in [0.717, 1.165) is 55.5 Å². The first-order chi connectivity index (χ1) is 12.6. The summed E-state index contributed by atoms with van der Waals surface area (Å²) in [5, 5.41) is 19.0. The number of likely N-dealkylation sites (tertiary alicyclic amines) is 1. The Morgan fingerprint density at radius 3 is 2.58 bits per heavy atom. The van der Waals surface area contributed by atoms with Gasteiger partial charge in [0, 0.05) is 25.7 Å². The number of benzene rings is 2. The molecule has 0 bridgehead atoms. The van der Waals surface area contributed by atoms with Crippen molar-refractivity contribution in [3.8, 4) is 11.5 Å². The van der Waals surface area contributed by atoms with Gasteiger partial charge in [-0.05, 0) is 49.1 Å². The van der Waals surface area contributed by atoms with Crippen molar-refractivity contribution in [1.82, 2.24) is 14.5 Å². The Balaban J connectivity index is 1.38. The Labute approximate surface area is 151 Å². The number of hydrogen-bond acceptors (Lipinski definition) is 4. The van der Waals surface area contributed by atoms with Gasteiger partial charge in [-0.3, -0.25) is 4.57 Å². The molecule has 3 N–H and O–H groups in total. The number of nitrogens with one attached hydrogen (secondary N) is 1. The minimum absolute atomic E-state index is 0.0239. The van der Waals surface area contributed by atoms with Crippen LogP contribution in [0.25, 0.3) is 11.0 Å². The summed E-state index contributed by atoms with van der Waals surface area (Å²) in [5.41, 5.74) is 2.86. The number of imidazole rings is 1. The smallest absolute Gasteiger partial charge is 0.326 e. The van der Waals surface area contributed by atoms with E-state index in [1.54, 1.807) is 6.07 Å². The van der Waals surface area contributed by atoms with Gasteiger partial charge in [-0.1, -0.05) is 18.2 Å². The second-order valence-electron chi connectivity index (χ2n) is 6.96. The van der Waals surface area contributed by atoms with Gasteiger partial charge >= 0.3 is 5.69 Å². The number of para-hydroxylation sites is 2. The topological polar surface area (TPSA) is 81.5 Å². The highest BCUT2D eigenvalue weighted by atomic mass is 16.3. The lowest BCUT2D eigenvalue weighted by molar-refractivity contribution is 0.188. The van der Waals surface area contributed by atoms with Crippen molar-refractivity contribution in [3.63, 3.8) is 0 Å². The van der Waals surface area contributed by atoms with E-state index < -0.39 is 0 Å². The van der Waals surface area contributed by atoms with Crippen molar-refractivity contribution in [2.24, 2.45) is 0 Å². The summed E-state index contributed by atoms with van der Waals surface area (Å²) in [4.78, 5) is 17.7. The van der Waals surface area contributed by atoms with Crippen molar-refractivity contribution >= 4 is 11.0 Å². The quantitative estimate of drug-likeness (QED) is 0.630. The molecular formula is C20H23N3O3. The van der Waals surface area contributed by atoms with Gasteiger partial charge in [0.25, 0.3) is 0 Å². The number of H-pyrrole nitrogens is 1. The Morgan fingerprint density at radius 2 is 1.81 bits per heavy atom.